The second-order valence-electron chi connectivity index (χ2n) is 4.33. The first-order valence-corrected chi connectivity index (χ1v) is 6.30. The molecular formula is C14H23NO3. The van der Waals surface area contributed by atoms with Gasteiger partial charge in [-0.1, -0.05) is 13.0 Å². The van der Waals surface area contributed by atoms with Gasteiger partial charge in [0, 0.05) is 6.54 Å². The fraction of sp³-hybridized carbons (Fsp3) is 0.571. The van der Waals surface area contributed by atoms with E-state index in [1.807, 2.05) is 25.1 Å². The molecule has 0 bridgehead atoms. The normalized spacial score (nSPS) is 14.1. The van der Waals surface area contributed by atoms with E-state index >= 15 is 0 Å². The van der Waals surface area contributed by atoms with Gasteiger partial charge in [0.05, 0.1) is 13.2 Å². The molecule has 102 valence electrons. The summed E-state index contributed by atoms with van der Waals surface area (Å²) in [5.74, 6) is 1.35. The van der Waals surface area contributed by atoms with Crippen molar-refractivity contribution in [1.82, 2.24) is 5.32 Å². The smallest absolute Gasteiger partial charge is 0.161 e. The fourth-order valence-electron chi connectivity index (χ4n) is 1.49. The summed E-state index contributed by atoms with van der Waals surface area (Å²) in [6.07, 6.45) is -0.783. The molecule has 0 aromatic heterocycles. The standard InChI is InChI=1S/C14H23NO3/c1-5-15-9-12-6-7-13(14(8-12)17-4)18-11(3)10(2)16/h6-8,10-11,15-16H,5,9H2,1-4H3. The molecule has 4 heteroatoms. The Bertz CT molecular complexity index is 366. The Labute approximate surface area is 109 Å². The zero-order valence-corrected chi connectivity index (χ0v) is 11.6. The second kappa shape index (κ2) is 7.24. The van der Waals surface area contributed by atoms with Crippen LogP contribution in [0.1, 0.15) is 26.3 Å². The molecule has 0 amide bonds. The van der Waals surface area contributed by atoms with Crippen LogP contribution in [-0.2, 0) is 6.54 Å². The summed E-state index contributed by atoms with van der Waals surface area (Å²) in [6.45, 7) is 7.34. The predicted molar refractivity (Wildman–Crippen MR) is 72.1 cm³/mol. The number of aliphatic hydroxyl groups excluding tert-OH is 1. The van der Waals surface area contributed by atoms with Crippen molar-refractivity contribution in [3.8, 4) is 11.5 Å². The molecular weight excluding hydrogens is 230 g/mol. The fourth-order valence-corrected chi connectivity index (χ4v) is 1.49. The summed E-state index contributed by atoms with van der Waals surface area (Å²) in [5.41, 5.74) is 1.14. The van der Waals surface area contributed by atoms with Crippen LogP contribution in [0.25, 0.3) is 0 Å². The third kappa shape index (κ3) is 4.20. The summed E-state index contributed by atoms with van der Waals surface area (Å²) >= 11 is 0. The zero-order chi connectivity index (χ0) is 13.5. The Balaban J connectivity index is 2.79. The maximum atomic E-state index is 9.44. The minimum atomic E-state index is -0.517. The molecule has 0 aliphatic carbocycles. The third-order valence-corrected chi connectivity index (χ3v) is 2.80. The molecule has 0 aliphatic rings. The first kappa shape index (κ1) is 14.8. The van der Waals surface area contributed by atoms with Gasteiger partial charge in [-0.15, -0.1) is 0 Å². The first-order valence-electron chi connectivity index (χ1n) is 6.30. The van der Waals surface area contributed by atoms with Crippen molar-refractivity contribution in [2.75, 3.05) is 13.7 Å². The molecule has 2 atom stereocenters. The monoisotopic (exact) mass is 253 g/mol. The van der Waals surface area contributed by atoms with Crippen LogP contribution in [0.15, 0.2) is 18.2 Å². The van der Waals surface area contributed by atoms with Gasteiger partial charge in [-0.2, -0.15) is 0 Å². The van der Waals surface area contributed by atoms with Crippen LogP contribution >= 0.6 is 0 Å². The molecule has 0 fully saturated rings. The Kier molecular flexibility index (Phi) is 5.95. The summed E-state index contributed by atoms with van der Waals surface area (Å²) < 4.78 is 11.0. The van der Waals surface area contributed by atoms with Gasteiger partial charge >= 0.3 is 0 Å². The molecule has 0 radical (unpaired) electrons. The number of nitrogens with one attached hydrogen (secondary N) is 1. The Hall–Kier alpha value is -1.26. The molecule has 2 unspecified atom stereocenters. The van der Waals surface area contributed by atoms with Crippen LogP contribution < -0.4 is 14.8 Å². The van der Waals surface area contributed by atoms with E-state index in [0.717, 1.165) is 18.7 Å². The van der Waals surface area contributed by atoms with Crippen LogP contribution in [0, 0.1) is 0 Å². The van der Waals surface area contributed by atoms with E-state index in [4.69, 9.17) is 9.47 Å². The third-order valence-electron chi connectivity index (χ3n) is 2.80. The van der Waals surface area contributed by atoms with Gasteiger partial charge in [0.1, 0.15) is 6.10 Å². The number of benzene rings is 1. The van der Waals surface area contributed by atoms with Gasteiger partial charge in [-0.25, -0.2) is 0 Å². The summed E-state index contributed by atoms with van der Waals surface area (Å²) in [6, 6.07) is 5.83. The maximum absolute atomic E-state index is 9.44. The average Bonchev–Trinajstić information content (AvgIpc) is 2.37. The van der Waals surface area contributed by atoms with Gasteiger partial charge in [0.15, 0.2) is 11.5 Å². The highest BCUT2D eigenvalue weighted by Gasteiger charge is 2.13. The van der Waals surface area contributed by atoms with Crippen molar-refractivity contribution in [3.05, 3.63) is 23.8 Å². The molecule has 2 N–H and O–H groups in total. The number of hydrogen-bond donors (Lipinski definition) is 2. The molecule has 0 saturated carbocycles. The molecule has 0 heterocycles. The van der Waals surface area contributed by atoms with Crippen molar-refractivity contribution in [2.24, 2.45) is 0 Å². The van der Waals surface area contributed by atoms with Gasteiger partial charge < -0.3 is 19.9 Å². The van der Waals surface area contributed by atoms with Gasteiger partial charge in [-0.3, -0.25) is 0 Å². The number of hydrogen-bond acceptors (Lipinski definition) is 4. The average molecular weight is 253 g/mol. The Morgan fingerprint density at radius 1 is 1.28 bits per heavy atom. The van der Waals surface area contributed by atoms with Gasteiger partial charge in [0.25, 0.3) is 0 Å². The highest BCUT2D eigenvalue weighted by atomic mass is 16.5. The number of aliphatic hydroxyl groups is 1. The van der Waals surface area contributed by atoms with Crippen LogP contribution in [-0.4, -0.2) is 31.0 Å². The van der Waals surface area contributed by atoms with Gasteiger partial charge in [-0.05, 0) is 38.1 Å². The van der Waals surface area contributed by atoms with Crippen LogP contribution in [0.4, 0.5) is 0 Å². The van der Waals surface area contributed by atoms with E-state index in [-0.39, 0.29) is 6.10 Å². The SMILES string of the molecule is CCNCc1ccc(OC(C)C(C)O)c(OC)c1. The topological polar surface area (TPSA) is 50.7 Å². The number of ether oxygens (including phenoxy) is 2. The van der Waals surface area contributed by atoms with E-state index in [9.17, 15) is 5.11 Å². The van der Waals surface area contributed by atoms with E-state index in [1.165, 1.54) is 0 Å². The molecule has 4 nitrogen and oxygen atoms in total. The van der Waals surface area contributed by atoms with Crippen LogP contribution in [0.5, 0.6) is 11.5 Å². The van der Waals surface area contributed by atoms with Gasteiger partial charge in [0.2, 0.25) is 0 Å². The van der Waals surface area contributed by atoms with Crippen molar-refractivity contribution in [3.63, 3.8) is 0 Å². The molecule has 1 aromatic carbocycles. The van der Waals surface area contributed by atoms with E-state index in [0.29, 0.717) is 11.5 Å². The maximum Gasteiger partial charge on any atom is 0.161 e. The quantitative estimate of drug-likeness (QED) is 0.780. The van der Waals surface area contributed by atoms with E-state index in [2.05, 4.69) is 12.2 Å². The van der Waals surface area contributed by atoms with Crippen LogP contribution in [0.3, 0.4) is 0 Å². The van der Waals surface area contributed by atoms with Crippen molar-refractivity contribution in [1.29, 1.82) is 0 Å². The summed E-state index contributed by atoms with van der Waals surface area (Å²) in [4.78, 5) is 0. The lowest BCUT2D eigenvalue weighted by Gasteiger charge is -2.19. The lowest BCUT2D eigenvalue weighted by atomic mass is 10.2. The molecule has 0 saturated heterocycles. The zero-order valence-electron chi connectivity index (χ0n) is 11.6. The van der Waals surface area contributed by atoms with Crippen molar-refractivity contribution >= 4 is 0 Å². The Morgan fingerprint density at radius 3 is 2.56 bits per heavy atom. The highest BCUT2D eigenvalue weighted by molar-refractivity contribution is 5.43. The summed E-state index contributed by atoms with van der Waals surface area (Å²) in [5, 5.41) is 12.7. The second-order valence-corrected chi connectivity index (χ2v) is 4.33. The minimum Gasteiger partial charge on any atom is -0.493 e. The summed E-state index contributed by atoms with van der Waals surface area (Å²) in [7, 11) is 1.62. The first-order chi connectivity index (χ1) is 8.58. The lowest BCUT2D eigenvalue weighted by molar-refractivity contribution is 0.0586. The van der Waals surface area contributed by atoms with E-state index in [1.54, 1.807) is 14.0 Å². The lowest BCUT2D eigenvalue weighted by Crippen LogP contribution is -2.25. The molecule has 1 aromatic rings. The Morgan fingerprint density at radius 2 is 2.00 bits per heavy atom. The largest absolute Gasteiger partial charge is 0.493 e. The molecule has 0 aliphatic heterocycles. The molecule has 1 rings (SSSR count). The highest BCUT2D eigenvalue weighted by Crippen LogP contribution is 2.29. The number of methoxy groups -OCH3 is 1. The predicted octanol–water partition coefficient (Wildman–Crippen LogP) is 1.95. The molecule has 0 spiro atoms. The van der Waals surface area contributed by atoms with Crippen molar-refractivity contribution in [2.45, 2.75) is 39.5 Å². The number of rotatable bonds is 7. The van der Waals surface area contributed by atoms with Crippen molar-refractivity contribution < 1.29 is 14.6 Å². The van der Waals surface area contributed by atoms with Crippen LogP contribution in [0.2, 0.25) is 0 Å². The van der Waals surface area contributed by atoms with E-state index < -0.39 is 6.10 Å². The molecule has 18 heavy (non-hydrogen) atoms. The minimum absolute atomic E-state index is 0.265.